The monoisotopic (exact) mass is 370 g/mol. The van der Waals surface area contributed by atoms with Crippen molar-refractivity contribution >= 4 is 29.6 Å². The zero-order chi connectivity index (χ0) is 19.0. The Morgan fingerprint density at radius 2 is 1.84 bits per heavy atom. The highest BCUT2D eigenvalue weighted by molar-refractivity contribution is 7.99. The van der Waals surface area contributed by atoms with E-state index in [1.54, 1.807) is 12.1 Å². The first-order chi connectivity index (χ1) is 11.7. The van der Waals surface area contributed by atoms with Crippen molar-refractivity contribution in [3.8, 4) is 0 Å². The predicted molar refractivity (Wildman–Crippen MR) is 90.3 cm³/mol. The van der Waals surface area contributed by atoms with E-state index in [1.807, 2.05) is 0 Å². The van der Waals surface area contributed by atoms with Crippen molar-refractivity contribution < 1.29 is 29.5 Å². The summed E-state index contributed by atoms with van der Waals surface area (Å²) in [4.78, 5) is 43.5. The first-order valence-electron chi connectivity index (χ1n) is 7.29. The third-order valence-corrected chi connectivity index (χ3v) is 4.48. The highest BCUT2D eigenvalue weighted by Gasteiger charge is 2.20. The zero-order valence-corrected chi connectivity index (χ0v) is 14.2. The van der Waals surface area contributed by atoms with Crippen LogP contribution in [0.15, 0.2) is 24.3 Å². The molecule has 1 aromatic carbocycles. The molecule has 0 radical (unpaired) electrons. The van der Waals surface area contributed by atoms with Crippen LogP contribution < -0.4 is 5.32 Å². The number of carboxylic acids is 2. The van der Waals surface area contributed by atoms with Gasteiger partial charge in [-0.15, -0.1) is 11.8 Å². The Morgan fingerprint density at radius 1 is 1.24 bits per heavy atom. The molecule has 1 rings (SSSR count). The van der Waals surface area contributed by atoms with Gasteiger partial charge in [0.15, 0.2) is 0 Å². The number of carbonyl (C=O) groups is 3. The fraction of sp³-hybridized carbons (Fsp3) is 0.400. The molecule has 0 unspecified atom stereocenters. The van der Waals surface area contributed by atoms with E-state index >= 15 is 0 Å². The maximum atomic E-state index is 11.9. The third kappa shape index (κ3) is 7.21. The van der Waals surface area contributed by atoms with Gasteiger partial charge in [0.25, 0.3) is 5.91 Å². The highest BCUT2D eigenvalue weighted by Crippen LogP contribution is 2.29. The van der Waals surface area contributed by atoms with E-state index < -0.39 is 34.1 Å². The number of nitrogens with one attached hydrogen (secondary N) is 1. The second-order valence-corrected chi connectivity index (χ2v) is 6.48. The summed E-state index contributed by atoms with van der Waals surface area (Å²) in [5.74, 6) is -2.48. The van der Waals surface area contributed by atoms with E-state index in [9.17, 15) is 24.5 Å². The van der Waals surface area contributed by atoms with Crippen LogP contribution >= 0.6 is 11.8 Å². The van der Waals surface area contributed by atoms with Crippen LogP contribution in [0.4, 0.5) is 0 Å². The van der Waals surface area contributed by atoms with Crippen molar-refractivity contribution in [3.05, 3.63) is 45.5 Å². The normalized spacial score (nSPS) is 12.8. The van der Waals surface area contributed by atoms with E-state index in [2.05, 4.69) is 5.32 Å². The minimum absolute atomic E-state index is 0.105. The molecular weight excluding hydrogens is 352 g/mol. The van der Waals surface area contributed by atoms with Crippen LogP contribution in [0.1, 0.15) is 34.5 Å². The summed E-state index contributed by atoms with van der Waals surface area (Å²) in [6, 6.07) is 4.94. The summed E-state index contributed by atoms with van der Waals surface area (Å²) in [6.07, 6.45) is -0.105. The van der Waals surface area contributed by atoms with Crippen LogP contribution in [-0.2, 0) is 9.59 Å². The molecule has 2 atom stereocenters. The number of nitro groups is 1. The topological polar surface area (TPSA) is 147 Å². The molecule has 9 nitrogen and oxygen atoms in total. The summed E-state index contributed by atoms with van der Waals surface area (Å²) in [5, 5.41) is 30.0. The van der Waals surface area contributed by atoms with Crippen molar-refractivity contribution in [2.75, 3.05) is 12.3 Å². The molecule has 10 heteroatoms. The van der Waals surface area contributed by atoms with E-state index in [0.29, 0.717) is 5.56 Å². The van der Waals surface area contributed by atoms with E-state index in [0.717, 1.165) is 11.8 Å². The van der Waals surface area contributed by atoms with Gasteiger partial charge in [0, 0.05) is 16.2 Å². The van der Waals surface area contributed by atoms with Crippen LogP contribution in [0.2, 0.25) is 0 Å². The molecular formula is C15H18N2O7S. The van der Waals surface area contributed by atoms with E-state index in [-0.39, 0.29) is 24.3 Å². The largest absolute Gasteiger partial charge is 0.481 e. The van der Waals surface area contributed by atoms with Gasteiger partial charge < -0.3 is 15.5 Å². The molecule has 0 aromatic heterocycles. The molecule has 0 heterocycles. The lowest BCUT2D eigenvalue weighted by atomic mass is 10.1. The summed E-state index contributed by atoms with van der Waals surface area (Å²) >= 11 is 1.16. The number of thioether (sulfide) groups is 1. The van der Waals surface area contributed by atoms with E-state index in [1.165, 1.54) is 19.1 Å². The molecule has 0 fully saturated rings. The second kappa shape index (κ2) is 9.62. The third-order valence-electron chi connectivity index (χ3n) is 3.21. The number of aliphatic carboxylic acids is 2. The molecule has 1 amide bonds. The minimum Gasteiger partial charge on any atom is -0.481 e. The Kier molecular flexibility index (Phi) is 7.86. The van der Waals surface area contributed by atoms with Gasteiger partial charge in [0.2, 0.25) is 6.54 Å². The number of hydrogen-bond donors (Lipinski definition) is 3. The van der Waals surface area contributed by atoms with Crippen molar-refractivity contribution in [1.82, 2.24) is 5.32 Å². The van der Waals surface area contributed by atoms with Crippen LogP contribution in [0, 0.1) is 10.1 Å². The number of nitrogens with zero attached hydrogens (tertiary/aromatic N) is 1. The van der Waals surface area contributed by atoms with E-state index in [4.69, 9.17) is 10.2 Å². The van der Waals surface area contributed by atoms with Gasteiger partial charge in [-0.3, -0.25) is 24.5 Å². The molecule has 0 saturated heterocycles. The Labute approximate surface area is 147 Å². The molecule has 0 aliphatic rings. The molecule has 3 N–H and O–H groups in total. The lowest BCUT2D eigenvalue weighted by molar-refractivity contribution is -0.479. The number of rotatable bonds is 10. The summed E-state index contributed by atoms with van der Waals surface area (Å²) in [5.41, 5.74) is 0.821. The Balaban J connectivity index is 2.80. The number of carbonyl (C=O) groups excluding carboxylic acids is 1. The number of benzene rings is 1. The molecule has 25 heavy (non-hydrogen) atoms. The standard InChI is InChI=1S/C15H18N2O7S/c1-9(15(21)22)16-14(20)11-4-2-10(3-5-11)12(8-17(23)24)25-7-6-13(18)19/h2-5,9,12H,6-8H2,1H3,(H,16,20)(H,18,19)(H,21,22)/t9-,12-/m1/s1. The first-order valence-corrected chi connectivity index (χ1v) is 8.34. The van der Waals surface area contributed by atoms with Gasteiger partial charge >= 0.3 is 11.9 Å². The van der Waals surface area contributed by atoms with Crippen LogP contribution in [-0.4, -0.2) is 51.3 Å². The SMILES string of the molecule is C[C@@H](NC(=O)c1ccc([C@@H](C[N+](=O)[O-])SCCC(=O)O)cc1)C(=O)O. The molecule has 0 spiro atoms. The molecule has 0 aliphatic carbocycles. The predicted octanol–water partition coefficient (Wildman–Crippen LogP) is 1.42. The number of hydrogen-bond acceptors (Lipinski definition) is 6. The highest BCUT2D eigenvalue weighted by atomic mass is 32.2. The molecule has 0 saturated carbocycles. The quantitative estimate of drug-likeness (QED) is 0.414. The maximum Gasteiger partial charge on any atom is 0.325 e. The van der Waals surface area contributed by atoms with Crippen molar-refractivity contribution in [2.45, 2.75) is 24.6 Å². The van der Waals surface area contributed by atoms with Gasteiger partial charge in [0.1, 0.15) is 6.04 Å². The second-order valence-electron chi connectivity index (χ2n) is 5.17. The molecule has 0 bridgehead atoms. The summed E-state index contributed by atoms with van der Waals surface area (Å²) in [7, 11) is 0. The smallest absolute Gasteiger partial charge is 0.325 e. The van der Waals surface area contributed by atoms with Crippen molar-refractivity contribution in [1.29, 1.82) is 0 Å². The Morgan fingerprint density at radius 3 is 2.32 bits per heavy atom. The lowest BCUT2D eigenvalue weighted by Gasteiger charge is -2.14. The number of amides is 1. The minimum atomic E-state index is -1.16. The maximum absolute atomic E-state index is 11.9. The lowest BCUT2D eigenvalue weighted by Crippen LogP contribution is -2.38. The van der Waals surface area contributed by atoms with Crippen LogP contribution in [0.3, 0.4) is 0 Å². The Hall–Kier alpha value is -2.62. The van der Waals surface area contributed by atoms with Gasteiger partial charge in [0.05, 0.1) is 11.7 Å². The first kappa shape index (κ1) is 20.4. The van der Waals surface area contributed by atoms with Crippen molar-refractivity contribution in [2.24, 2.45) is 0 Å². The number of carboxylic acid groups (broad SMARTS) is 2. The van der Waals surface area contributed by atoms with Gasteiger partial charge in [-0.2, -0.15) is 0 Å². The average Bonchev–Trinajstić information content (AvgIpc) is 2.53. The summed E-state index contributed by atoms with van der Waals surface area (Å²) < 4.78 is 0. The van der Waals surface area contributed by atoms with Crippen LogP contribution in [0.5, 0.6) is 0 Å². The average molecular weight is 370 g/mol. The summed E-state index contributed by atoms with van der Waals surface area (Å²) in [6.45, 7) is 0.965. The molecule has 136 valence electrons. The fourth-order valence-electron chi connectivity index (χ4n) is 1.87. The van der Waals surface area contributed by atoms with Gasteiger partial charge in [-0.05, 0) is 24.6 Å². The molecule has 0 aliphatic heterocycles. The fourth-order valence-corrected chi connectivity index (χ4v) is 3.02. The van der Waals surface area contributed by atoms with Crippen LogP contribution in [0.25, 0.3) is 0 Å². The Bertz CT molecular complexity index is 648. The van der Waals surface area contributed by atoms with Gasteiger partial charge in [-0.1, -0.05) is 12.1 Å². The zero-order valence-electron chi connectivity index (χ0n) is 13.4. The van der Waals surface area contributed by atoms with Crippen molar-refractivity contribution in [3.63, 3.8) is 0 Å². The molecule has 1 aromatic rings. The van der Waals surface area contributed by atoms with Gasteiger partial charge in [-0.25, -0.2) is 0 Å².